The van der Waals surface area contributed by atoms with Gasteiger partial charge in [-0.3, -0.25) is 4.79 Å². The van der Waals surface area contributed by atoms with Crippen LogP contribution in [-0.4, -0.2) is 48.8 Å². The lowest BCUT2D eigenvalue weighted by atomic mass is 9.92. The molecule has 1 aliphatic rings. The number of benzene rings is 1. The summed E-state index contributed by atoms with van der Waals surface area (Å²) in [5.41, 5.74) is 2.90. The molecule has 0 bridgehead atoms. The predicted molar refractivity (Wildman–Crippen MR) is 100 cm³/mol. The molecule has 7 heteroatoms. The molecule has 0 saturated carbocycles. The number of aliphatic hydroxyl groups is 1. The number of rotatable bonds is 3. The first-order valence-corrected chi connectivity index (χ1v) is 9.17. The highest BCUT2D eigenvalue weighted by molar-refractivity contribution is 5.93. The number of amides is 1. The quantitative estimate of drug-likeness (QED) is 0.770. The van der Waals surface area contributed by atoms with Crippen molar-refractivity contribution in [3.8, 4) is 0 Å². The van der Waals surface area contributed by atoms with Crippen molar-refractivity contribution in [2.75, 3.05) is 13.1 Å². The maximum Gasteiger partial charge on any atom is 0.274 e. The number of fused-ring (bicyclic) bond motifs is 1. The molecule has 1 aliphatic heterocycles. The molecule has 1 fully saturated rings. The molecule has 1 saturated heterocycles. The van der Waals surface area contributed by atoms with E-state index in [1.807, 2.05) is 45.0 Å². The van der Waals surface area contributed by atoms with Crippen LogP contribution in [0.4, 0.5) is 0 Å². The topological polar surface area (TPSA) is 83.6 Å². The molecule has 27 heavy (non-hydrogen) atoms. The fourth-order valence-electron chi connectivity index (χ4n) is 3.61. The smallest absolute Gasteiger partial charge is 0.274 e. The zero-order valence-electron chi connectivity index (χ0n) is 15.8. The summed E-state index contributed by atoms with van der Waals surface area (Å²) in [7, 11) is 0. The third-order valence-corrected chi connectivity index (χ3v) is 5.26. The van der Waals surface area contributed by atoms with E-state index in [1.54, 1.807) is 15.5 Å². The summed E-state index contributed by atoms with van der Waals surface area (Å²) in [6, 6.07) is 9.62. The number of carbonyl (C=O) groups excluding carboxylic acids is 1. The van der Waals surface area contributed by atoms with Crippen molar-refractivity contribution in [2.24, 2.45) is 0 Å². The number of carbonyl (C=O) groups is 1. The van der Waals surface area contributed by atoms with Crippen LogP contribution in [0.1, 0.15) is 53.4 Å². The Hall–Kier alpha value is -2.80. The molecular formula is C20H23N5O2. The Balaban J connectivity index is 1.62. The number of nitrogens with zero attached hydrogens (tertiary/aromatic N) is 5. The molecule has 0 radical (unpaired) electrons. The van der Waals surface area contributed by atoms with Crippen LogP contribution in [0.5, 0.6) is 0 Å². The summed E-state index contributed by atoms with van der Waals surface area (Å²) in [5.74, 6) is 0.00450. The van der Waals surface area contributed by atoms with Gasteiger partial charge in [-0.2, -0.15) is 9.61 Å². The zero-order valence-corrected chi connectivity index (χ0v) is 15.8. The van der Waals surface area contributed by atoms with Crippen molar-refractivity contribution in [3.05, 3.63) is 59.0 Å². The second-order valence-corrected chi connectivity index (χ2v) is 7.61. The number of hydrogen-bond donors (Lipinski definition) is 1. The van der Waals surface area contributed by atoms with Gasteiger partial charge in [0.1, 0.15) is 17.6 Å². The second kappa shape index (κ2) is 6.42. The largest absolute Gasteiger partial charge is 0.383 e. The zero-order chi connectivity index (χ0) is 19.2. The lowest BCUT2D eigenvalue weighted by Gasteiger charge is -2.24. The lowest BCUT2D eigenvalue weighted by Crippen LogP contribution is -2.35. The van der Waals surface area contributed by atoms with Gasteiger partial charge in [0.15, 0.2) is 5.65 Å². The molecule has 1 atom stereocenters. The fourth-order valence-corrected chi connectivity index (χ4v) is 3.61. The number of aromatic nitrogens is 4. The van der Waals surface area contributed by atoms with Gasteiger partial charge in [-0.1, -0.05) is 43.7 Å². The lowest BCUT2D eigenvalue weighted by molar-refractivity contribution is 0.0415. The first kappa shape index (κ1) is 17.6. The monoisotopic (exact) mass is 365 g/mol. The summed E-state index contributed by atoms with van der Waals surface area (Å²) >= 11 is 0. The van der Waals surface area contributed by atoms with Crippen LogP contribution >= 0.6 is 0 Å². The summed E-state index contributed by atoms with van der Waals surface area (Å²) in [5, 5.41) is 23.4. The van der Waals surface area contributed by atoms with E-state index >= 15 is 0 Å². The molecule has 7 nitrogen and oxygen atoms in total. The van der Waals surface area contributed by atoms with Gasteiger partial charge in [-0.05, 0) is 30.9 Å². The van der Waals surface area contributed by atoms with Crippen molar-refractivity contribution < 1.29 is 9.90 Å². The highest BCUT2D eigenvalue weighted by Gasteiger charge is 2.40. The molecular weight excluding hydrogens is 342 g/mol. The molecule has 3 aromatic rings. The Labute approximate surface area is 157 Å². The van der Waals surface area contributed by atoms with E-state index in [0.29, 0.717) is 24.3 Å². The highest BCUT2D eigenvalue weighted by atomic mass is 16.3. The van der Waals surface area contributed by atoms with Crippen molar-refractivity contribution >= 4 is 11.6 Å². The van der Waals surface area contributed by atoms with Crippen molar-refractivity contribution in [2.45, 2.75) is 38.7 Å². The minimum atomic E-state index is -1.02. The van der Waals surface area contributed by atoms with E-state index < -0.39 is 5.60 Å². The molecule has 0 unspecified atom stereocenters. The number of aryl methyl sites for hydroxylation is 1. The first-order chi connectivity index (χ1) is 12.9. The van der Waals surface area contributed by atoms with Gasteiger partial charge < -0.3 is 10.0 Å². The summed E-state index contributed by atoms with van der Waals surface area (Å²) in [6.07, 6.45) is 2.01. The Morgan fingerprint density at radius 1 is 1.26 bits per heavy atom. The Morgan fingerprint density at radius 3 is 2.70 bits per heavy atom. The van der Waals surface area contributed by atoms with Crippen LogP contribution in [0.25, 0.3) is 5.65 Å². The molecule has 2 aromatic heterocycles. The van der Waals surface area contributed by atoms with Crippen molar-refractivity contribution in [1.82, 2.24) is 24.7 Å². The molecule has 0 spiro atoms. The van der Waals surface area contributed by atoms with Crippen LogP contribution in [0.3, 0.4) is 0 Å². The number of hydrogen-bond acceptors (Lipinski definition) is 5. The predicted octanol–water partition coefficient (Wildman–Crippen LogP) is 2.29. The number of likely N-dealkylation sites (tertiary alicyclic amines) is 1. The Kier molecular flexibility index (Phi) is 4.19. The van der Waals surface area contributed by atoms with Crippen molar-refractivity contribution in [3.63, 3.8) is 0 Å². The Bertz CT molecular complexity index is 995. The average Bonchev–Trinajstić information content (AvgIpc) is 3.28. The number of β-amino-alcohol motifs (C(OH)–C–C–N with tert-alkyl or cyclic N) is 1. The van der Waals surface area contributed by atoms with Crippen molar-refractivity contribution in [1.29, 1.82) is 0 Å². The maximum absolute atomic E-state index is 13.1. The van der Waals surface area contributed by atoms with E-state index in [0.717, 1.165) is 16.7 Å². The van der Waals surface area contributed by atoms with E-state index in [1.165, 1.54) is 6.33 Å². The Morgan fingerprint density at radius 2 is 2.00 bits per heavy atom. The average molecular weight is 365 g/mol. The van der Waals surface area contributed by atoms with E-state index in [9.17, 15) is 9.90 Å². The third kappa shape index (κ3) is 3.08. The van der Waals surface area contributed by atoms with Crippen LogP contribution in [0, 0.1) is 6.92 Å². The fraction of sp³-hybridized carbons (Fsp3) is 0.400. The molecule has 1 N–H and O–H groups in total. The van der Waals surface area contributed by atoms with Gasteiger partial charge in [0, 0.05) is 12.1 Å². The van der Waals surface area contributed by atoms with Crippen LogP contribution in [0.15, 0.2) is 36.7 Å². The van der Waals surface area contributed by atoms with Crippen LogP contribution in [0.2, 0.25) is 0 Å². The first-order valence-electron chi connectivity index (χ1n) is 9.17. The van der Waals surface area contributed by atoms with Gasteiger partial charge in [0.25, 0.3) is 5.91 Å². The molecule has 3 heterocycles. The van der Waals surface area contributed by atoms with Crippen LogP contribution in [-0.2, 0) is 5.60 Å². The normalized spacial score (nSPS) is 20.0. The SMILES string of the molecule is Cc1ccc([C@@]2(O)CCN(C(=O)c3cc(C(C)C)c4nncn4n3)C2)cc1. The molecule has 4 rings (SSSR count). The second-order valence-electron chi connectivity index (χ2n) is 7.61. The molecule has 0 aliphatic carbocycles. The van der Waals surface area contributed by atoms with E-state index in [2.05, 4.69) is 15.3 Å². The van der Waals surface area contributed by atoms with Gasteiger partial charge in [-0.25, -0.2) is 0 Å². The van der Waals surface area contributed by atoms with Gasteiger partial charge in [-0.15, -0.1) is 10.2 Å². The highest BCUT2D eigenvalue weighted by Crippen LogP contribution is 2.33. The minimum Gasteiger partial charge on any atom is -0.383 e. The van der Waals surface area contributed by atoms with Gasteiger partial charge >= 0.3 is 0 Å². The summed E-state index contributed by atoms with van der Waals surface area (Å²) < 4.78 is 1.55. The standard InChI is InChI=1S/C20H23N5O2/c1-13(2)16-10-17(23-25-12-21-22-18(16)25)19(26)24-9-8-20(27,11-24)15-6-4-14(3)5-7-15/h4-7,10,12-13,27H,8-9,11H2,1-3H3/t20-/m1/s1. The maximum atomic E-state index is 13.1. The summed E-state index contributed by atoms with van der Waals surface area (Å²) in [6.45, 7) is 6.85. The third-order valence-electron chi connectivity index (χ3n) is 5.26. The summed E-state index contributed by atoms with van der Waals surface area (Å²) in [4.78, 5) is 14.7. The van der Waals surface area contributed by atoms with E-state index in [-0.39, 0.29) is 18.4 Å². The van der Waals surface area contributed by atoms with E-state index in [4.69, 9.17) is 0 Å². The minimum absolute atomic E-state index is 0.185. The molecule has 140 valence electrons. The molecule has 1 amide bonds. The van der Waals surface area contributed by atoms with Gasteiger partial charge in [0.05, 0.1) is 6.54 Å². The van der Waals surface area contributed by atoms with Gasteiger partial charge in [0.2, 0.25) is 0 Å². The van der Waals surface area contributed by atoms with Crippen LogP contribution < -0.4 is 0 Å². The molecule has 1 aromatic carbocycles.